The summed E-state index contributed by atoms with van der Waals surface area (Å²) in [5.74, 6) is 0.937. The summed E-state index contributed by atoms with van der Waals surface area (Å²) in [5.41, 5.74) is 3.52. The monoisotopic (exact) mass is 389 g/mol. The van der Waals surface area contributed by atoms with Gasteiger partial charge in [-0.3, -0.25) is 0 Å². The van der Waals surface area contributed by atoms with Crippen molar-refractivity contribution < 1.29 is 5.11 Å². The number of benzene rings is 1. The minimum Gasteiger partial charge on any atom is -0.507 e. The second-order valence-corrected chi connectivity index (χ2v) is 8.32. The predicted octanol–water partition coefficient (Wildman–Crippen LogP) is 5.05. The Morgan fingerprint density at radius 2 is 2.21 bits per heavy atom. The number of hydrogen-bond donors (Lipinski definition) is 1. The fraction of sp³-hybridized carbons (Fsp3) is 0.391. The molecule has 0 spiro atoms. The molecular weight excluding hydrogens is 362 g/mol. The van der Waals surface area contributed by atoms with Crippen LogP contribution in [0.3, 0.4) is 0 Å². The number of rotatable bonds is 5. The van der Waals surface area contributed by atoms with Crippen LogP contribution in [0, 0.1) is 11.3 Å². The molecule has 2 aromatic heterocycles. The van der Waals surface area contributed by atoms with E-state index in [9.17, 15) is 5.11 Å². The lowest BCUT2D eigenvalue weighted by Crippen LogP contribution is -2.25. The van der Waals surface area contributed by atoms with Gasteiger partial charge in [-0.2, -0.15) is 0 Å². The number of phenolic OH excluding ortho intramolecular Hbond substituents is 1. The maximum atomic E-state index is 10.5. The van der Waals surface area contributed by atoms with Gasteiger partial charge in [0.15, 0.2) is 5.82 Å². The molecule has 0 aliphatic heterocycles. The molecule has 6 nitrogen and oxygen atoms in total. The Morgan fingerprint density at radius 3 is 2.86 bits per heavy atom. The van der Waals surface area contributed by atoms with Crippen molar-refractivity contribution in [1.82, 2.24) is 24.7 Å². The van der Waals surface area contributed by atoms with E-state index in [1.807, 2.05) is 16.8 Å². The van der Waals surface area contributed by atoms with Gasteiger partial charge in [-0.15, -0.1) is 10.2 Å². The molecule has 2 atom stereocenters. The maximum Gasteiger partial charge on any atom is 0.185 e. The predicted molar refractivity (Wildman–Crippen MR) is 113 cm³/mol. The van der Waals surface area contributed by atoms with E-state index in [1.165, 1.54) is 19.3 Å². The van der Waals surface area contributed by atoms with Gasteiger partial charge in [0.2, 0.25) is 0 Å². The van der Waals surface area contributed by atoms with E-state index in [1.54, 1.807) is 30.9 Å². The summed E-state index contributed by atoms with van der Waals surface area (Å²) in [5, 5.41) is 19.1. The van der Waals surface area contributed by atoms with Gasteiger partial charge in [0, 0.05) is 18.5 Å². The number of aromatic nitrogens is 5. The van der Waals surface area contributed by atoms with Crippen LogP contribution in [0.25, 0.3) is 22.6 Å². The third-order valence-electron chi connectivity index (χ3n) is 6.33. The highest BCUT2D eigenvalue weighted by molar-refractivity contribution is 5.67. The molecule has 3 aromatic rings. The van der Waals surface area contributed by atoms with Crippen LogP contribution in [0.15, 0.2) is 49.7 Å². The molecule has 1 saturated carbocycles. The third kappa shape index (κ3) is 3.92. The van der Waals surface area contributed by atoms with Gasteiger partial charge in [-0.1, -0.05) is 33.3 Å². The van der Waals surface area contributed by atoms with Crippen molar-refractivity contribution in [3.63, 3.8) is 0 Å². The molecule has 1 aromatic carbocycles. The van der Waals surface area contributed by atoms with Crippen LogP contribution in [0.4, 0.5) is 0 Å². The number of hydrogen-bond acceptors (Lipinski definition) is 5. The summed E-state index contributed by atoms with van der Waals surface area (Å²) in [6.07, 6.45) is 12.9. The average molecular weight is 390 g/mol. The van der Waals surface area contributed by atoms with Crippen LogP contribution >= 0.6 is 0 Å². The first kappa shape index (κ1) is 19.3. The van der Waals surface area contributed by atoms with Crippen molar-refractivity contribution in [2.45, 2.75) is 46.0 Å². The minimum atomic E-state index is 0.107. The first-order chi connectivity index (χ1) is 14.0. The van der Waals surface area contributed by atoms with Crippen LogP contribution in [0.2, 0.25) is 0 Å². The second kappa shape index (κ2) is 7.78. The first-order valence-electron chi connectivity index (χ1n) is 10.2. The molecule has 6 heteroatoms. The van der Waals surface area contributed by atoms with Gasteiger partial charge in [-0.25, -0.2) is 9.97 Å². The van der Waals surface area contributed by atoms with Crippen molar-refractivity contribution in [3.05, 3.63) is 55.4 Å². The van der Waals surface area contributed by atoms with E-state index in [0.29, 0.717) is 22.7 Å². The van der Waals surface area contributed by atoms with E-state index in [4.69, 9.17) is 0 Å². The standard InChI is InChI=1S/C23H27N5O/c1-4-23(3)9-5-6-17(13-23)16(2)20-14-25-22(27-26-20)19-8-7-18(12-21(19)29)28-11-10-24-15-28/h7-8,10-12,14-15,17,29H,2,4-6,9,13H2,1,3H3/t17-,23+/m1/s1. The molecule has 0 bridgehead atoms. The van der Waals surface area contributed by atoms with E-state index in [2.05, 4.69) is 40.6 Å². The van der Waals surface area contributed by atoms with E-state index < -0.39 is 0 Å². The SMILES string of the molecule is C=C(c1cnc(-c2ccc(-n3ccnc3)cc2O)nn1)[C@@H]1CCC[C@](C)(CC)C1. The molecule has 29 heavy (non-hydrogen) atoms. The third-order valence-corrected chi connectivity index (χ3v) is 6.33. The molecule has 1 fully saturated rings. The lowest BCUT2D eigenvalue weighted by molar-refractivity contribution is 0.179. The number of phenols is 1. The van der Waals surface area contributed by atoms with Gasteiger partial charge < -0.3 is 9.67 Å². The normalized spacial score (nSPS) is 21.8. The second-order valence-electron chi connectivity index (χ2n) is 8.32. The molecule has 0 amide bonds. The maximum absolute atomic E-state index is 10.5. The fourth-order valence-electron chi connectivity index (χ4n) is 4.23. The molecule has 1 aliphatic rings. The zero-order valence-electron chi connectivity index (χ0n) is 17.0. The smallest absolute Gasteiger partial charge is 0.185 e. The molecule has 150 valence electrons. The molecule has 4 rings (SSSR count). The molecule has 1 N–H and O–H groups in total. The summed E-state index contributed by atoms with van der Waals surface area (Å²) in [6.45, 7) is 8.95. The van der Waals surface area contributed by atoms with E-state index in [0.717, 1.165) is 29.8 Å². The summed E-state index contributed by atoms with van der Waals surface area (Å²) in [6, 6.07) is 5.35. The number of nitrogens with zero attached hydrogens (tertiary/aromatic N) is 5. The Morgan fingerprint density at radius 1 is 1.34 bits per heavy atom. The van der Waals surface area contributed by atoms with Crippen LogP contribution in [-0.4, -0.2) is 29.8 Å². The van der Waals surface area contributed by atoms with Crippen molar-refractivity contribution in [2.75, 3.05) is 0 Å². The highest BCUT2D eigenvalue weighted by atomic mass is 16.3. The molecule has 0 radical (unpaired) electrons. The van der Waals surface area contributed by atoms with E-state index >= 15 is 0 Å². The van der Waals surface area contributed by atoms with Gasteiger partial charge in [-0.05, 0) is 48.3 Å². The highest BCUT2D eigenvalue weighted by Gasteiger charge is 2.32. The molecule has 0 saturated heterocycles. The Balaban J connectivity index is 1.53. The largest absolute Gasteiger partial charge is 0.507 e. The molecule has 1 aliphatic carbocycles. The quantitative estimate of drug-likeness (QED) is 0.661. The summed E-state index contributed by atoms with van der Waals surface area (Å²) >= 11 is 0. The number of imidazole rings is 1. The van der Waals surface area contributed by atoms with Gasteiger partial charge in [0.1, 0.15) is 11.4 Å². The minimum absolute atomic E-state index is 0.107. The fourth-order valence-corrected chi connectivity index (χ4v) is 4.23. The highest BCUT2D eigenvalue weighted by Crippen LogP contribution is 2.45. The van der Waals surface area contributed by atoms with Gasteiger partial charge in [0.05, 0.1) is 23.8 Å². The Labute approximate surface area is 171 Å². The number of aromatic hydroxyl groups is 1. The van der Waals surface area contributed by atoms with Gasteiger partial charge >= 0.3 is 0 Å². The van der Waals surface area contributed by atoms with Gasteiger partial charge in [0.25, 0.3) is 0 Å². The van der Waals surface area contributed by atoms with Crippen LogP contribution in [0.5, 0.6) is 5.75 Å². The first-order valence-corrected chi connectivity index (χ1v) is 10.2. The summed E-state index contributed by atoms with van der Waals surface area (Å²) in [4.78, 5) is 8.49. The van der Waals surface area contributed by atoms with Crippen LogP contribution in [-0.2, 0) is 0 Å². The van der Waals surface area contributed by atoms with Crippen molar-refractivity contribution in [2.24, 2.45) is 11.3 Å². The lowest BCUT2D eigenvalue weighted by atomic mass is 9.67. The van der Waals surface area contributed by atoms with E-state index in [-0.39, 0.29) is 5.75 Å². The summed E-state index contributed by atoms with van der Waals surface area (Å²) in [7, 11) is 0. The molecular formula is C23H27N5O. The number of allylic oxidation sites excluding steroid dienone is 1. The van der Waals surface area contributed by atoms with Crippen molar-refractivity contribution in [1.29, 1.82) is 0 Å². The topological polar surface area (TPSA) is 76.7 Å². The Kier molecular flexibility index (Phi) is 5.18. The van der Waals surface area contributed by atoms with Crippen molar-refractivity contribution in [3.8, 4) is 22.8 Å². The molecule has 2 heterocycles. The van der Waals surface area contributed by atoms with Crippen LogP contribution in [0.1, 0.15) is 51.6 Å². The van der Waals surface area contributed by atoms with Crippen molar-refractivity contribution >= 4 is 5.57 Å². The Hall–Kier alpha value is -3.02. The summed E-state index contributed by atoms with van der Waals surface area (Å²) < 4.78 is 1.82. The molecule has 0 unspecified atom stereocenters. The van der Waals surface area contributed by atoms with Crippen LogP contribution < -0.4 is 0 Å². The Bertz CT molecular complexity index is 997. The average Bonchev–Trinajstić information content (AvgIpc) is 3.28. The zero-order valence-corrected chi connectivity index (χ0v) is 17.0. The lowest BCUT2D eigenvalue weighted by Gasteiger charge is -2.38. The zero-order chi connectivity index (χ0) is 20.4.